The minimum atomic E-state index is -0.114. The Morgan fingerprint density at radius 1 is 1.37 bits per heavy atom. The van der Waals surface area contributed by atoms with E-state index in [1.807, 2.05) is 23.6 Å². The van der Waals surface area contributed by atoms with Gasteiger partial charge in [0, 0.05) is 40.8 Å². The third-order valence-corrected chi connectivity index (χ3v) is 4.14. The van der Waals surface area contributed by atoms with Crippen LogP contribution in [0, 0.1) is 0 Å². The van der Waals surface area contributed by atoms with Gasteiger partial charge in [0.05, 0.1) is 12.6 Å². The van der Waals surface area contributed by atoms with Crippen LogP contribution in [-0.4, -0.2) is 25.2 Å². The van der Waals surface area contributed by atoms with Gasteiger partial charge >= 0.3 is 0 Å². The minimum absolute atomic E-state index is 0.114. The maximum absolute atomic E-state index is 6.28. The van der Waals surface area contributed by atoms with E-state index in [0.29, 0.717) is 23.2 Å². The largest absolute Gasteiger partial charge is 0.383 e. The maximum Gasteiger partial charge on any atom is 0.114 e. The highest BCUT2D eigenvalue weighted by molar-refractivity contribution is 7.09. The number of nitrogens with zero attached hydrogens (tertiary/aromatic N) is 1. The number of hydrogen-bond acceptors (Lipinski definition) is 4. The summed E-state index contributed by atoms with van der Waals surface area (Å²) in [5.41, 5.74) is 0.858. The summed E-state index contributed by atoms with van der Waals surface area (Å²) < 4.78 is 5.06. The van der Waals surface area contributed by atoms with Crippen LogP contribution in [-0.2, 0) is 4.74 Å². The van der Waals surface area contributed by atoms with Crippen LogP contribution in [0.15, 0.2) is 29.8 Å². The lowest BCUT2D eigenvalue weighted by Gasteiger charge is -2.19. The van der Waals surface area contributed by atoms with Crippen LogP contribution < -0.4 is 5.32 Å². The molecule has 1 aromatic heterocycles. The Morgan fingerprint density at radius 2 is 2.11 bits per heavy atom. The second kappa shape index (κ2) is 7.22. The Morgan fingerprint density at radius 3 is 2.68 bits per heavy atom. The van der Waals surface area contributed by atoms with Crippen molar-refractivity contribution >= 4 is 34.5 Å². The lowest BCUT2D eigenvalue weighted by Crippen LogP contribution is -2.26. The predicted molar refractivity (Wildman–Crippen MR) is 80.3 cm³/mol. The van der Waals surface area contributed by atoms with Gasteiger partial charge in [-0.3, -0.25) is 0 Å². The first kappa shape index (κ1) is 14.8. The van der Waals surface area contributed by atoms with Crippen LogP contribution >= 0.6 is 34.5 Å². The summed E-state index contributed by atoms with van der Waals surface area (Å²) >= 11 is 14.1. The highest BCUT2D eigenvalue weighted by atomic mass is 35.5. The van der Waals surface area contributed by atoms with E-state index in [4.69, 9.17) is 27.9 Å². The van der Waals surface area contributed by atoms with Crippen molar-refractivity contribution in [1.82, 2.24) is 10.3 Å². The molecular weight excluding hydrogens is 303 g/mol. The van der Waals surface area contributed by atoms with E-state index in [0.717, 1.165) is 10.6 Å². The smallest absolute Gasteiger partial charge is 0.114 e. The quantitative estimate of drug-likeness (QED) is 0.824. The molecule has 0 radical (unpaired) electrons. The molecule has 1 aromatic carbocycles. The number of methoxy groups -OCH3 is 1. The van der Waals surface area contributed by atoms with Gasteiger partial charge in [-0.05, 0) is 12.1 Å². The molecule has 0 amide bonds. The Kier molecular flexibility index (Phi) is 5.60. The van der Waals surface area contributed by atoms with Gasteiger partial charge in [0.25, 0.3) is 0 Å². The monoisotopic (exact) mass is 316 g/mol. The normalized spacial score (nSPS) is 12.6. The van der Waals surface area contributed by atoms with Crippen LogP contribution in [0.3, 0.4) is 0 Å². The number of hydrogen-bond donors (Lipinski definition) is 1. The molecule has 0 saturated carbocycles. The van der Waals surface area contributed by atoms with Crippen molar-refractivity contribution in [2.24, 2.45) is 0 Å². The van der Waals surface area contributed by atoms with Gasteiger partial charge in [-0.2, -0.15) is 0 Å². The fraction of sp³-hybridized carbons (Fsp3) is 0.308. The number of benzene rings is 1. The van der Waals surface area contributed by atoms with Gasteiger partial charge in [0.2, 0.25) is 0 Å². The van der Waals surface area contributed by atoms with E-state index in [1.165, 1.54) is 0 Å². The van der Waals surface area contributed by atoms with E-state index < -0.39 is 0 Å². The van der Waals surface area contributed by atoms with Gasteiger partial charge in [-0.1, -0.05) is 29.3 Å². The second-order valence-corrected chi connectivity index (χ2v) is 5.63. The lowest BCUT2D eigenvalue weighted by atomic mass is 10.1. The SMILES string of the molecule is COCCNC(c1nccs1)c1c(Cl)cccc1Cl. The van der Waals surface area contributed by atoms with E-state index in [9.17, 15) is 0 Å². The van der Waals surface area contributed by atoms with Crippen molar-refractivity contribution in [3.8, 4) is 0 Å². The second-order valence-electron chi connectivity index (χ2n) is 3.89. The van der Waals surface area contributed by atoms with Crippen molar-refractivity contribution in [2.75, 3.05) is 20.3 Å². The minimum Gasteiger partial charge on any atom is -0.383 e. The molecule has 0 spiro atoms. The Bertz CT molecular complexity index is 499. The first-order chi connectivity index (χ1) is 9.24. The maximum atomic E-state index is 6.28. The molecule has 19 heavy (non-hydrogen) atoms. The molecule has 6 heteroatoms. The van der Waals surface area contributed by atoms with Crippen molar-refractivity contribution in [3.05, 3.63) is 50.4 Å². The first-order valence-electron chi connectivity index (χ1n) is 5.79. The Labute approximate surface area is 126 Å². The number of nitrogens with one attached hydrogen (secondary N) is 1. The van der Waals surface area contributed by atoms with E-state index in [1.54, 1.807) is 24.6 Å². The van der Waals surface area contributed by atoms with Crippen molar-refractivity contribution in [1.29, 1.82) is 0 Å². The molecule has 0 aliphatic carbocycles. The zero-order chi connectivity index (χ0) is 13.7. The molecule has 1 heterocycles. The number of aromatic nitrogens is 1. The Balaban J connectivity index is 2.31. The molecule has 0 aliphatic heterocycles. The summed E-state index contributed by atoms with van der Waals surface area (Å²) in [6, 6.07) is 5.39. The third kappa shape index (κ3) is 3.68. The number of rotatable bonds is 6. The van der Waals surface area contributed by atoms with Crippen LogP contribution in [0.2, 0.25) is 10.0 Å². The fourth-order valence-corrected chi connectivity index (χ4v) is 3.12. The lowest BCUT2D eigenvalue weighted by molar-refractivity contribution is 0.197. The summed E-state index contributed by atoms with van der Waals surface area (Å²) in [5.74, 6) is 0. The summed E-state index contributed by atoms with van der Waals surface area (Å²) in [7, 11) is 1.67. The molecule has 1 N–H and O–H groups in total. The standard InChI is InChI=1S/C13H14Cl2N2OS/c1-18-7-5-16-12(13-17-6-8-19-13)11-9(14)3-2-4-10(11)15/h2-4,6,8,12,16H,5,7H2,1H3. The zero-order valence-electron chi connectivity index (χ0n) is 10.4. The predicted octanol–water partition coefficient (Wildman–Crippen LogP) is 3.78. The van der Waals surface area contributed by atoms with Gasteiger partial charge in [-0.15, -0.1) is 11.3 Å². The van der Waals surface area contributed by atoms with Crippen molar-refractivity contribution in [2.45, 2.75) is 6.04 Å². The molecule has 1 atom stereocenters. The average molecular weight is 317 g/mol. The Hall–Kier alpha value is -0.650. The molecule has 2 aromatic rings. The number of halogens is 2. The molecule has 0 bridgehead atoms. The summed E-state index contributed by atoms with van der Waals surface area (Å²) in [6.45, 7) is 1.31. The van der Waals surface area contributed by atoms with E-state index in [2.05, 4.69) is 10.3 Å². The fourth-order valence-electron chi connectivity index (χ4n) is 1.78. The van der Waals surface area contributed by atoms with Crippen LogP contribution in [0.25, 0.3) is 0 Å². The third-order valence-electron chi connectivity index (χ3n) is 2.64. The number of thiazole rings is 1. The van der Waals surface area contributed by atoms with Gasteiger partial charge < -0.3 is 10.1 Å². The molecular formula is C13H14Cl2N2OS. The highest BCUT2D eigenvalue weighted by Gasteiger charge is 2.21. The van der Waals surface area contributed by atoms with Gasteiger partial charge in [0.1, 0.15) is 5.01 Å². The topological polar surface area (TPSA) is 34.1 Å². The summed E-state index contributed by atoms with van der Waals surface area (Å²) in [5, 5.41) is 7.52. The molecule has 1 unspecified atom stereocenters. The summed E-state index contributed by atoms with van der Waals surface area (Å²) in [4.78, 5) is 4.35. The van der Waals surface area contributed by atoms with Crippen molar-refractivity contribution in [3.63, 3.8) is 0 Å². The van der Waals surface area contributed by atoms with Crippen LogP contribution in [0.5, 0.6) is 0 Å². The van der Waals surface area contributed by atoms with E-state index in [-0.39, 0.29) is 6.04 Å². The summed E-state index contributed by atoms with van der Waals surface area (Å²) in [6.07, 6.45) is 1.77. The molecule has 2 rings (SSSR count). The molecule has 0 saturated heterocycles. The highest BCUT2D eigenvalue weighted by Crippen LogP contribution is 2.34. The molecule has 102 valence electrons. The van der Waals surface area contributed by atoms with E-state index >= 15 is 0 Å². The van der Waals surface area contributed by atoms with Crippen LogP contribution in [0.1, 0.15) is 16.6 Å². The zero-order valence-corrected chi connectivity index (χ0v) is 12.7. The molecule has 0 aliphatic rings. The number of ether oxygens (including phenoxy) is 1. The van der Waals surface area contributed by atoms with Crippen molar-refractivity contribution < 1.29 is 4.74 Å². The van der Waals surface area contributed by atoms with Crippen LogP contribution in [0.4, 0.5) is 0 Å². The average Bonchev–Trinajstić information content (AvgIpc) is 2.90. The first-order valence-corrected chi connectivity index (χ1v) is 7.43. The molecule has 0 fully saturated rings. The van der Waals surface area contributed by atoms with Gasteiger partial charge in [-0.25, -0.2) is 4.98 Å². The van der Waals surface area contributed by atoms with Gasteiger partial charge in [0.15, 0.2) is 0 Å². The molecule has 3 nitrogen and oxygen atoms in total.